The lowest BCUT2D eigenvalue weighted by molar-refractivity contribution is -0.0287. The SMILES string of the molecule is Br.CCCCCCCCCCCCCCOCC(CN(C)C)OCCCCCCCCCCCCCC. The standard InChI is InChI=1S/C33H69NO2.BrH/c1-5-7-9-11-13-15-17-19-21-23-25-27-29-35-32-33(31-34(3)4)36-30-28-26-24-22-20-18-16-14-12-10-8-6-2;/h33H,5-32H2,1-4H3;1H. The molecule has 0 amide bonds. The highest BCUT2D eigenvalue weighted by atomic mass is 79.9. The quantitative estimate of drug-likeness (QED) is 0.0748. The lowest BCUT2D eigenvalue weighted by Crippen LogP contribution is -2.32. The summed E-state index contributed by atoms with van der Waals surface area (Å²) in [4.78, 5) is 2.22. The Balaban J connectivity index is 0. The van der Waals surface area contributed by atoms with E-state index in [0.717, 1.165) is 26.4 Å². The van der Waals surface area contributed by atoms with Crippen LogP contribution in [0.4, 0.5) is 0 Å². The first-order valence-electron chi connectivity index (χ1n) is 16.5. The van der Waals surface area contributed by atoms with Gasteiger partial charge in [0.25, 0.3) is 0 Å². The molecule has 0 aliphatic rings. The van der Waals surface area contributed by atoms with Crippen LogP contribution in [-0.2, 0) is 9.47 Å². The van der Waals surface area contributed by atoms with Crippen molar-refractivity contribution in [1.82, 2.24) is 4.90 Å². The highest BCUT2D eigenvalue weighted by molar-refractivity contribution is 8.93. The molecule has 0 aromatic carbocycles. The van der Waals surface area contributed by atoms with Crippen LogP contribution in [-0.4, -0.2) is 51.5 Å². The molecule has 1 atom stereocenters. The Labute approximate surface area is 245 Å². The van der Waals surface area contributed by atoms with Crippen molar-refractivity contribution in [3.05, 3.63) is 0 Å². The van der Waals surface area contributed by atoms with E-state index in [1.54, 1.807) is 0 Å². The van der Waals surface area contributed by atoms with E-state index >= 15 is 0 Å². The van der Waals surface area contributed by atoms with Crippen LogP contribution in [0.25, 0.3) is 0 Å². The second kappa shape index (κ2) is 34.4. The molecule has 0 saturated carbocycles. The van der Waals surface area contributed by atoms with E-state index in [1.807, 2.05) is 0 Å². The summed E-state index contributed by atoms with van der Waals surface area (Å²) in [6.07, 6.45) is 33.6. The van der Waals surface area contributed by atoms with Gasteiger partial charge in [0.1, 0.15) is 0 Å². The van der Waals surface area contributed by atoms with Crippen LogP contribution in [0.3, 0.4) is 0 Å². The van der Waals surface area contributed by atoms with Crippen molar-refractivity contribution in [3.63, 3.8) is 0 Å². The maximum atomic E-state index is 6.19. The number of halogens is 1. The number of likely N-dealkylation sites (N-methyl/N-ethyl adjacent to an activating group) is 1. The molecule has 0 spiro atoms. The van der Waals surface area contributed by atoms with Gasteiger partial charge < -0.3 is 14.4 Å². The molecule has 0 aromatic heterocycles. The normalized spacial score (nSPS) is 12.2. The Morgan fingerprint density at radius 3 is 1.14 bits per heavy atom. The van der Waals surface area contributed by atoms with E-state index in [9.17, 15) is 0 Å². The van der Waals surface area contributed by atoms with Gasteiger partial charge in [-0.3, -0.25) is 0 Å². The highest BCUT2D eigenvalue weighted by Gasteiger charge is 2.10. The third-order valence-corrected chi connectivity index (χ3v) is 7.37. The van der Waals surface area contributed by atoms with Gasteiger partial charge >= 0.3 is 0 Å². The summed E-state index contributed by atoms with van der Waals surface area (Å²) in [5, 5.41) is 0. The molecule has 0 N–H and O–H groups in total. The fraction of sp³-hybridized carbons (Fsp3) is 1.00. The van der Waals surface area contributed by atoms with Crippen molar-refractivity contribution in [3.8, 4) is 0 Å². The highest BCUT2D eigenvalue weighted by Crippen LogP contribution is 2.13. The van der Waals surface area contributed by atoms with Gasteiger partial charge in [0, 0.05) is 19.8 Å². The minimum Gasteiger partial charge on any atom is -0.379 e. The predicted octanol–water partition coefficient (Wildman–Crippen LogP) is 10.9. The van der Waals surface area contributed by atoms with E-state index in [0.29, 0.717) is 0 Å². The van der Waals surface area contributed by atoms with Crippen molar-refractivity contribution >= 4 is 17.0 Å². The zero-order valence-corrected chi connectivity index (χ0v) is 27.8. The van der Waals surface area contributed by atoms with E-state index < -0.39 is 0 Å². The Hall–Kier alpha value is 0.360. The molecule has 0 aliphatic heterocycles. The van der Waals surface area contributed by atoms with Gasteiger partial charge in [-0.1, -0.05) is 155 Å². The summed E-state index contributed by atoms with van der Waals surface area (Å²) < 4.78 is 12.2. The lowest BCUT2D eigenvalue weighted by atomic mass is 10.1. The van der Waals surface area contributed by atoms with E-state index in [1.165, 1.54) is 154 Å². The Kier molecular flexibility index (Phi) is 36.7. The van der Waals surface area contributed by atoms with Crippen LogP contribution in [0.5, 0.6) is 0 Å². The molecular formula is C33H70BrNO2. The zero-order valence-electron chi connectivity index (χ0n) is 26.0. The molecule has 1 unspecified atom stereocenters. The third-order valence-electron chi connectivity index (χ3n) is 7.37. The smallest absolute Gasteiger partial charge is 0.0934 e. The first kappa shape index (κ1) is 39.5. The van der Waals surface area contributed by atoms with Gasteiger partial charge in [-0.25, -0.2) is 0 Å². The zero-order chi connectivity index (χ0) is 26.4. The first-order valence-corrected chi connectivity index (χ1v) is 16.5. The molecule has 0 saturated heterocycles. The molecule has 0 bridgehead atoms. The maximum Gasteiger partial charge on any atom is 0.0934 e. The number of unbranched alkanes of at least 4 members (excludes halogenated alkanes) is 22. The van der Waals surface area contributed by atoms with Crippen LogP contribution in [0.15, 0.2) is 0 Å². The van der Waals surface area contributed by atoms with Gasteiger partial charge in [0.2, 0.25) is 0 Å². The molecule has 0 heterocycles. The summed E-state index contributed by atoms with van der Waals surface area (Å²) in [5.41, 5.74) is 0. The average Bonchev–Trinajstić information content (AvgIpc) is 2.86. The number of nitrogens with zero attached hydrogens (tertiary/aromatic N) is 1. The number of hydrogen-bond acceptors (Lipinski definition) is 3. The monoisotopic (exact) mass is 591 g/mol. The second-order valence-electron chi connectivity index (χ2n) is 11.6. The van der Waals surface area contributed by atoms with Crippen LogP contribution in [0, 0.1) is 0 Å². The Morgan fingerprint density at radius 1 is 0.459 bits per heavy atom. The van der Waals surface area contributed by atoms with E-state index in [-0.39, 0.29) is 23.1 Å². The molecule has 0 fully saturated rings. The molecule has 0 rings (SSSR count). The van der Waals surface area contributed by atoms with Crippen LogP contribution >= 0.6 is 17.0 Å². The molecule has 0 aromatic rings. The average molecular weight is 593 g/mol. The molecule has 0 aliphatic carbocycles. The van der Waals surface area contributed by atoms with Crippen LogP contribution in [0.1, 0.15) is 168 Å². The van der Waals surface area contributed by atoms with Crippen molar-refractivity contribution in [2.75, 3.05) is 40.5 Å². The Morgan fingerprint density at radius 2 is 0.784 bits per heavy atom. The Bertz CT molecular complexity index is 395. The molecule has 37 heavy (non-hydrogen) atoms. The van der Waals surface area contributed by atoms with Crippen LogP contribution < -0.4 is 0 Å². The molecular weight excluding hydrogens is 522 g/mol. The van der Waals surface area contributed by atoms with Gasteiger partial charge in [-0.2, -0.15) is 0 Å². The summed E-state index contributed by atoms with van der Waals surface area (Å²) in [6, 6.07) is 0. The minimum absolute atomic E-state index is 0. The number of ether oxygens (including phenoxy) is 2. The fourth-order valence-corrected chi connectivity index (χ4v) is 5.01. The largest absolute Gasteiger partial charge is 0.379 e. The fourth-order valence-electron chi connectivity index (χ4n) is 5.01. The van der Waals surface area contributed by atoms with Crippen molar-refractivity contribution in [2.45, 2.75) is 174 Å². The summed E-state index contributed by atoms with van der Waals surface area (Å²) in [7, 11) is 4.26. The van der Waals surface area contributed by atoms with Gasteiger partial charge in [0.15, 0.2) is 0 Å². The topological polar surface area (TPSA) is 21.7 Å². The summed E-state index contributed by atoms with van der Waals surface area (Å²) in [5.74, 6) is 0. The van der Waals surface area contributed by atoms with Crippen molar-refractivity contribution < 1.29 is 9.47 Å². The number of hydrogen-bond donors (Lipinski definition) is 0. The van der Waals surface area contributed by atoms with Crippen molar-refractivity contribution in [2.24, 2.45) is 0 Å². The van der Waals surface area contributed by atoms with E-state index in [4.69, 9.17) is 9.47 Å². The van der Waals surface area contributed by atoms with Gasteiger partial charge in [-0.15, -0.1) is 17.0 Å². The lowest BCUT2D eigenvalue weighted by Gasteiger charge is -2.21. The third kappa shape index (κ3) is 34.3. The minimum atomic E-state index is 0. The summed E-state index contributed by atoms with van der Waals surface area (Å²) in [6.45, 7) is 8.07. The molecule has 0 radical (unpaired) electrons. The molecule has 3 nitrogen and oxygen atoms in total. The molecule has 226 valence electrons. The number of rotatable bonds is 31. The van der Waals surface area contributed by atoms with Gasteiger partial charge in [0.05, 0.1) is 12.7 Å². The van der Waals surface area contributed by atoms with Gasteiger partial charge in [-0.05, 0) is 26.9 Å². The predicted molar refractivity (Wildman–Crippen MR) is 172 cm³/mol. The van der Waals surface area contributed by atoms with Crippen molar-refractivity contribution in [1.29, 1.82) is 0 Å². The second-order valence-corrected chi connectivity index (χ2v) is 11.6. The molecule has 4 heteroatoms. The van der Waals surface area contributed by atoms with E-state index in [2.05, 4.69) is 32.8 Å². The van der Waals surface area contributed by atoms with Crippen LogP contribution in [0.2, 0.25) is 0 Å². The summed E-state index contributed by atoms with van der Waals surface area (Å²) >= 11 is 0. The first-order chi connectivity index (χ1) is 17.7. The maximum absolute atomic E-state index is 6.19.